The van der Waals surface area contributed by atoms with Crippen LogP contribution in [0.25, 0.3) is 22.3 Å². The van der Waals surface area contributed by atoms with Crippen LogP contribution >= 0.6 is 0 Å². The maximum Gasteiger partial charge on any atom is 1.00 e. The SMILES string of the molecule is CCCCO.O=C(NCCCOc1cccc(CO)c1)OCC1c2ccccc2-c2ccccc21.O=Cc1cccc(O)c1.O=Cc1cccc(OCCCNC(=O)OCC2c3ccccc3-c3ccccc32)c1.OC1CCCO1.[B].[H-].[Na+]. The van der Waals surface area contributed by atoms with Crippen LogP contribution in [0.3, 0.4) is 0 Å². The molecule has 1 fully saturated rings. The molecule has 2 amide bonds. The normalized spacial score (nSPS) is 12.9. The van der Waals surface area contributed by atoms with E-state index in [-0.39, 0.29) is 63.6 Å². The molecule has 82 heavy (non-hydrogen) atoms. The Balaban J connectivity index is 0.000000318. The Morgan fingerprint density at radius 3 is 1.40 bits per heavy atom. The first-order valence-corrected chi connectivity index (χ1v) is 27.0. The molecule has 1 heterocycles. The topological polar surface area (TPSA) is 219 Å². The number of aliphatic hydroxyl groups is 3. The van der Waals surface area contributed by atoms with Gasteiger partial charge in [0.1, 0.15) is 43.0 Å². The summed E-state index contributed by atoms with van der Waals surface area (Å²) < 4.78 is 27.0. The van der Waals surface area contributed by atoms with Gasteiger partial charge in [0.2, 0.25) is 0 Å². The summed E-state index contributed by atoms with van der Waals surface area (Å²) in [4.78, 5) is 45.1. The number of phenols is 1. The molecule has 3 radical (unpaired) electrons. The van der Waals surface area contributed by atoms with E-state index in [1.54, 1.807) is 42.5 Å². The summed E-state index contributed by atoms with van der Waals surface area (Å²) in [7, 11) is 0. The number of hydrogen-bond donors (Lipinski definition) is 6. The van der Waals surface area contributed by atoms with Gasteiger partial charge >= 0.3 is 41.7 Å². The van der Waals surface area contributed by atoms with Crippen LogP contribution in [0.5, 0.6) is 17.2 Å². The molecule has 0 saturated carbocycles. The standard InChI is InChI=1S/C25H25NO4.C25H23NO4.C7H6O2.C4H8O2.C4H10O.B.Na.H/c2*27-16-18-7-5-8-19(15-18)29-14-6-13-26-25(28)30-17-24-22-11-3-1-9-20(22)21-10-2-4-12-23(21)24;8-5-6-2-1-3-7(9)4-6;5-4-2-1-3-6-4;1-2-3-4-5;;;/h1-5,7-12,15,24,27H,6,13-14,16-17H2,(H,26,28);1-5,7-12,15-16,24H,6,13-14,17H2,(H,26,28);1-5,9H;4-5H,1-3H2;5H,2-4H2,1H3;;;/q;;;;;;+1;-1. The summed E-state index contributed by atoms with van der Waals surface area (Å²) >= 11 is 0. The third-order valence-electron chi connectivity index (χ3n) is 12.9. The minimum atomic E-state index is -0.454. The monoisotopic (exact) mass is 1120 g/mol. The number of phenolic OH excluding ortho intramolecular Hbond substituents is 1. The van der Waals surface area contributed by atoms with Crippen molar-refractivity contribution in [1.29, 1.82) is 0 Å². The van der Waals surface area contributed by atoms with E-state index in [0.29, 0.717) is 87.9 Å². The van der Waals surface area contributed by atoms with Gasteiger partial charge in [-0.15, -0.1) is 0 Å². The fourth-order valence-electron chi connectivity index (χ4n) is 8.93. The largest absolute Gasteiger partial charge is 1.00 e. The van der Waals surface area contributed by atoms with Crippen molar-refractivity contribution in [2.45, 2.75) is 70.2 Å². The second-order valence-corrected chi connectivity index (χ2v) is 18.7. The van der Waals surface area contributed by atoms with Crippen LogP contribution in [0.1, 0.15) is 107 Å². The van der Waals surface area contributed by atoms with Crippen LogP contribution in [0.15, 0.2) is 170 Å². The molecule has 0 spiro atoms. The van der Waals surface area contributed by atoms with E-state index in [0.717, 1.165) is 44.1 Å². The Morgan fingerprint density at radius 1 is 0.598 bits per heavy atom. The molecule has 7 aromatic rings. The zero-order valence-electron chi connectivity index (χ0n) is 47.7. The number of carbonyl (C=O) groups is 4. The number of aldehydes is 2. The smallest absolute Gasteiger partial charge is 1.00 e. The first kappa shape index (κ1) is 67.2. The molecule has 0 aromatic heterocycles. The number of carbonyl (C=O) groups excluding carboxylic acids is 4. The van der Waals surface area contributed by atoms with Crippen molar-refractivity contribution in [2.75, 3.05) is 52.7 Å². The molecule has 3 aliphatic rings. The number of nitrogens with one attached hydrogen (secondary N) is 2. The number of amides is 2. The summed E-state index contributed by atoms with van der Waals surface area (Å²) in [5.41, 5.74) is 11.5. The fourth-order valence-corrected chi connectivity index (χ4v) is 8.93. The first-order chi connectivity index (χ1) is 39.2. The van der Waals surface area contributed by atoms with Gasteiger partial charge in [0, 0.05) is 64.1 Å². The molecule has 6 N–H and O–H groups in total. The van der Waals surface area contributed by atoms with Crippen molar-refractivity contribution in [3.05, 3.63) is 209 Å². The molecular weight excluding hydrogens is 1050 g/mol. The van der Waals surface area contributed by atoms with Crippen molar-refractivity contribution in [2.24, 2.45) is 0 Å². The summed E-state index contributed by atoms with van der Waals surface area (Å²) in [6.07, 6.45) is 5.34. The van der Waals surface area contributed by atoms with Crippen molar-refractivity contribution in [3.63, 3.8) is 0 Å². The zero-order valence-corrected chi connectivity index (χ0v) is 48.7. The van der Waals surface area contributed by atoms with E-state index >= 15 is 0 Å². The van der Waals surface area contributed by atoms with E-state index in [1.807, 2.05) is 66.7 Å². The number of hydrogen-bond acceptors (Lipinski definition) is 13. The summed E-state index contributed by atoms with van der Waals surface area (Å²) in [5.74, 6) is 1.59. The van der Waals surface area contributed by atoms with Gasteiger partial charge in [-0.2, -0.15) is 0 Å². The van der Waals surface area contributed by atoms with Gasteiger partial charge in [-0.1, -0.05) is 147 Å². The van der Waals surface area contributed by atoms with E-state index in [9.17, 15) is 19.2 Å². The minimum Gasteiger partial charge on any atom is -1.00 e. The maximum absolute atomic E-state index is 12.1. The Labute approximate surface area is 506 Å². The second kappa shape index (κ2) is 37.7. The first-order valence-electron chi connectivity index (χ1n) is 27.0. The third-order valence-corrected chi connectivity index (χ3v) is 12.9. The molecule has 7 aromatic carbocycles. The zero-order chi connectivity index (χ0) is 56.7. The molecule has 1 saturated heterocycles. The van der Waals surface area contributed by atoms with Crippen LogP contribution in [-0.2, 0) is 20.8 Å². The predicted molar refractivity (Wildman–Crippen MR) is 314 cm³/mol. The number of benzene rings is 7. The average molecular weight is 1120 g/mol. The number of aliphatic hydroxyl groups excluding tert-OH is 3. The Hall–Kier alpha value is -7.28. The molecular formula is C65H73BN2NaO13. The summed E-state index contributed by atoms with van der Waals surface area (Å²) in [6.45, 7) is 5.55. The summed E-state index contributed by atoms with van der Waals surface area (Å²) in [5, 5.41) is 40.1. The van der Waals surface area contributed by atoms with Crippen molar-refractivity contribution >= 4 is 33.2 Å². The van der Waals surface area contributed by atoms with Crippen LogP contribution in [-0.4, -0.2) is 113 Å². The number of unbranched alkanes of at least 4 members (excludes halogenated alkanes) is 1. The quantitative estimate of drug-likeness (QED) is 0.0256. The van der Waals surface area contributed by atoms with Gasteiger partial charge in [-0.25, -0.2) is 9.59 Å². The number of alkyl carbamates (subject to hydrolysis) is 2. The Morgan fingerprint density at radius 2 is 1.04 bits per heavy atom. The third kappa shape index (κ3) is 21.6. The summed E-state index contributed by atoms with van der Waals surface area (Å²) in [6, 6.07) is 53.5. The van der Waals surface area contributed by atoms with E-state index < -0.39 is 18.5 Å². The molecule has 425 valence electrons. The fraction of sp³-hybridized carbons (Fsp3) is 0.292. The maximum atomic E-state index is 12.1. The van der Waals surface area contributed by atoms with Gasteiger partial charge in [0.25, 0.3) is 0 Å². The van der Waals surface area contributed by atoms with Crippen molar-refractivity contribution in [3.8, 4) is 39.5 Å². The number of ether oxygens (including phenoxy) is 5. The van der Waals surface area contributed by atoms with E-state index in [4.69, 9.17) is 44.1 Å². The van der Waals surface area contributed by atoms with Crippen LogP contribution in [0.4, 0.5) is 9.59 Å². The molecule has 0 bridgehead atoms. The average Bonchev–Trinajstić information content (AvgIpc) is 4.23. The Kier molecular flexibility index (Phi) is 30.9. The minimum absolute atomic E-state index is 0. The second-order valence-electron chi connectivity index (χ2n) is 18.7. The van der Waals surface area contributed by atoms with Gasteiger partial charge in [-0.05, 0) is 112 Å². The molecule has 1 aliphatic heterocycles. The Bertz CT molecular complexity index is 2940. The number of fused-ring (bicyclic) bond motifs is 6. The van der Waals surface area contributed by atoms with Crippen LogP contribution < -0.4 is 49.7 Å². The molecule has 17 heteroatoms. The van der Waals surface area contributed by atoms with Crippen LogP contribution in [0, 0.1) is 0 Å². The molecule has 2 aliphatic carbocycles. The molecule has 15 nitrogen and oxygen atoms in total. The van der Waals surface area contributed by atoms with E-state index in [2.05, 4.69) is 66.1 Å². The molecule has 10 rings (SSSR count). The van der Waals surface area contributed by atoms with Gasteiger partial charge < -0.3 is 56.2 Å². The predicted octanol–water partition coefficient (Wildman–Crippen LogP) is 8.13. The van der Waals surface area contributed by atoms with E-state index in [1.165, 1.54) is 56.6 Å². The van der Waals surface area contributed by atoms with Gasteiger partial charge in [0.05, 0.1) is 19.8 Å². The van der Waals surface area contributed by atoms with Crippen molar-refractivity contribution in [1.82, 2.24) is 10.6 Å². The van der Waals surface area contributed by atoms with Crippen LogP contribution in [0.2, 0.25) is 0 Å². The van der Waals surface area contributed by atoms with Gasteiger partial charge in [0.15, 0.2) is 6.29 Å². The number of aromatic hydroxyl groups is 1. The van der Waals surface area contributed by atoms with Crippen molar-refractivity contribution < 1.29 is 94.3 Å². The number of rotatable bonds is 19. The van der Waals surface area contributed by atoms with Gasteiger partial charge in [-0.3, -0.25) is 9.59 Å². The molecule has 1 atom stereocenters. The molecule has 1 unspecified atom stereocenters.